The van der Waals surface area contributed by atoms with Crippen molar-refractivity contribution in [1.29, 1.82) is 0 Å². The van der Waals surface area contributed by atoms with Crippen molar-refractivity contribution in [2.45, 2.75) is 19.3 Å². The Morgan fingerprint density at radius 1 is 1.11 bits per heavy atom. The molecule has 0 saturated carbocycles. The maximum atomic E-state index is 9.20. The van der Waals surface area contributed by atoms with Gasteiger partial charge in [-0.1, -0.05) is 23.7 Å². The second kappa shape index (κ2) is 8.29. The molecule has 7 heteroatoms. The van der Waals surface area contributed by atoms with Gasteiger partial charge < -0.3 is 10.0 Å². The van der Waals surface area contributed by atoms with E-state index >= 15 is 0 Å². The summed E-state index contributed by atoms with van der Waals surface area (Å²) in [6, 6.07) is 9.77. The van der Waals surface area contributed by atoms with Gasteiger partial charge in [-0.2, -0.15) is 5.10 Å². The number of rotatable bonds is 5. The normalized spacial score (nSPS) is 15.2. The molecule has 0 bridgehead atoms. The lowest BCUT2D eigenvalue weighted by Crippen LogP contribution is -2.34. The molecule has 1 aromatic carbocycles. The lowest BCUT2D eigenvalue weighted by Gasteiger charge is -2.32. The van der Waals surface area contributed by atoms with E-state index in [9.17, 15) is 5.11 Å². The first-order valence-electron chi connectivity index (χ1n) is 9.62. The number of hydrogen-bond donors (Lipinski definition) is 1. The fourth-order valence-corrected chi connectivity index (χ4v) is 3.79. The number of nitrogens with zero attached hydrogens (tertiary/aromatic N) is 5. The third kappa shape index (κ3) is 4.18. The van der Waals surface area contributed by atoms with E-state index in [0.29, 0.717) is 16.8 Å². The summed E-state index contributed by atoms with van der Waals surface area (Å²) < 4.78 is 1.76. The van der Waals surface area contributed by atoms with Gasteiger partial charge in [-0.25, -0.2) is 9.97 Å². The standard InChI is InChI=1S/C21H24ClN5O/c1-26-14-17(13-23-26)21-24-19(16-2-4-18(22)5-3-16)12-20(25-21)27-9-6-15(7-10-27)8-11-28/h2-5,12-15,28H,6-11H2,1H3. The Bertz CT molecular complexity index is 932. The van der Waals surface area contributed by atoms with Crippen LogP contribution in [0.3, 0.4) is 0 Å². The van der Waals surface area contributed by atoms with Crippen molar-refractivity contribution in [3.8, 4) is 22.6 Å². The molecule has 0 aliphatic carbocycles. The maximum absolute atomic E-state index is 9.20. The van der Waals surface area contributed by atoms with Gasteiger partial charge in [0.25, 0.3) is 0 Å². The molecule has 0 spiro atoms. The number of aromatic nitrogens is 4. The van der Waals surface area contributed by atoms with Crippen molar-refractivity contribution in [2.75, 3.05) is 24.6 Å². The quantitative estimate of drug-likeness (QED) is 0.709. The van der Waals surface area contributed by atoms with Crippen LogP contribution in [0.1, 0.15) is 19.3 Å². The molecule has 3 heterocycles. The first-order valence-corrected chi connectivity index (χ1v) is 10.00. The molecule has 0 amide bonds. The van der Waals surface area contributed by atoms with Gasteiger partial charge in [0.15, 0.2) is 5.82 Å². The van der Waals surface area contributed by atoms with Crippen LogP contribution in [-0.4, -0.2) is 44.6 Å². The summed E-state index contributed by atoms with van der Waals surface area (Å²) in [5.41, 5.74) is 2.78. The van der Waals surface area contributed by atoms with Crippen LogP contribution in [0.25, 0.3) is 22.6 Å². The molecular weight excluding hydrogens is 374 g/mol. The van der Waals surface area contributed by atoms with E-state index in [1.165, 1.54) is 0 Å². The smallest absolute Gasteiger partial charge is 0.165 e. The Hall–Kier alpha value is -2.44. The van der Waals surface area contributed by atoms with Crippen LogP contribution in [0, 0.1) is 5.92 Å². The van der Waals surface area contributed by atoms with Gasteiger partial charge in [0.05, 0.1) is 17.5 Å². The number of piperidine rings is 1. The van der Waals surface area contributed by atoms with Crippen molar-refractivity contribution >= 4 is 17.4 Å². The molecule has 1 aliphatic rings. The van der Waals surface area contributed by atoms with Gasteiger partial charge in [0, 0.05) is 49.6 Å². The maximum Gasteiger partial charge on any atom is 0.165 e. The molecule has 2 aromatic heterocycles. The summed E-state index contributed by atoms with van der Waals surface area (Å²) in [6.07, 6.45) is 6.75. The number of aryl methyl sites for hydroxylation is 1. The average Bonchev–Trinajstić information content (AvgIpc) is 3.15. The zero-order valence-electron chi connectivity index (χ0n) is 15.9. The van der Waals surface area contributed by atoms with Crippen molar-refractivity contribution in [2.24, 2.45) is 13.0 Å². The van der Waals surface area contributed by atoms with Gasteiger partial charge in [0.2, 0.25) is 0 Å². The van der Waals surface area contributed by atoms with Crippen molar-refractivity contribution in [3.63, 3.8) is 0 Å². The molecule has 3 aromatic rings. The molecule has 28 heavy (non-hydrogen) atoms. The number of benzene rings is 1. The molecule has 0 atom stereocenters. The monoisotopic (exact) mass is 397 g/mol. The molecule has 146 valence electrons. The van der Waals surface area contributed by atoms with Crippen molar-refractivity contribution in [3.05, 3.63) is 47.7 Å². The predicted octanol–water partition coefficient (Wildman–Crippen LogP) is 3.80. The second-order valence-electron chi connectivity index (χ2n) is 7.29. The highest BCUT2D eigenvalue weighted by atomic mass is 35.5. The highest BCUT2D eigenvalue weighted by molar-refractivity contribution is 6.30. The highest BCUT2D eigenvalue weighted by Gasteiger charge is 2.21. The molecule has 1 saturated heterocycles. The van der Waals surface area contributed by atoms with E-state index in [2.05, 4.69) is 16.1 Å². The summed E-state index contributed by atoms with van der Waals surface area (Å²) >= 11 is 6.05. The number of anilines is 1. The predicted molar refractivity (Wildman–Crippen MR) is 111 cm³/mol. The average molecular weight is 398 g/mol. The fraction of sp³-hybridized carbons (Fsp3) is 0.381. The van der Waals surface area contributed by atoms with E-state index in [1.807, 2.05) is 37.5 Å². The number of aliphatic hydroxyl groups is 1. The minimum atomic E-state index is 0.268. The summed E-state index contributed by atoms with van der Waals surface area (Å²) in [5, 5.41) is 14.2. The van der Waals surface area contributed by atoms with Crippen LogP contribution >= 0.6 is 11.6 Å². The topological polar surface area (TPSA) is 67.1 Å². The molecule has 1 N–H and O–H groups in total. The lowest BCUT2D eigenvalue weighted by atomic mass is 9.94. The molecule has 1 aliphatic heterocycles. The van der Waals surface area contributed by atoms with Crippen molar-refractivity contribution < 1.29 is 5.11 Å². The van der Waals surface area contributed by atoms with Gasteiger partial charge in [-0.3, -0.25) is 4.68 Å². The number of hydrogen-bond acceptors (Lipinski definition) is 5. The van der Waals surface area contributed by atoms with Gasteiger partial charge in [-0.15, -0.1) is 0 Å². The SMILES string of the molecule is Cn1cc(-c2nc(-c3ccc(Cl)cc3)cc(N3CCC(CCO)CC3)n2)cn1. The number of aliphatic hydroxyl groups excluding tert-OH is 1. The van der Waals surface area contributed by atoms with Crippen LogP contribution in [-0.2, 0) is 7.05 Å². The van der Waals surface area contributed by atoms with Crippen LogP contribution in [0.15, 0.2) is 42.7 Å². The largest absolute Gasteiger partial charge is 0.396 e. The Morgan fingerprint density at radius 2 is 1.86 bits per heavy atom. The third-order valence-corrected chi connectivity index (χ3v) is 5.54. The molecule has 6 nitrogen and oxygen atoms in total. The van der Waals surface area contributed by atoms with Crippen LogP contribution in [0.5, 0.6) is 0 Å². The van der Waals surface area contributed by atoms with Crippen molar-refractivity contribution in [1.82, 2.24) is 19.7 Å². The van der Waals surface area contributed by atoms with Crippen LogP contribution in [0.2, 0.25) is 5.02 Å². The fourth-order valence-electron chi connectivity index (χ4n) is 3.66. The second-order valence-corrected chi connectivity index (χ2v) is 7.72. The molecule has 0 radical (unpaired) electrons. The Balaban J connectivity index is 1.69. The van der Waals surface area contributed by atoms with E-state index in [-0.39, 0.29) is 6.61 Å². The highest BCUT2D eigenvalue weighted by Crippen LogP contribution is 2.29. The van der Waals surface area contributed by atoms with E-state index in [4.69, 9.17) is 21.6 Å². The van der Waals surface area contributed by atoms with Crippen LogP contribution < -0.4 is 4.90 Å². The summed E-state index contributed by atoms with van der Waals surface area (Å²) in [4.78, 5) is 11.9. The van der Waals surface area contributed by atoms with E-state index in [0.717, 1.165) is 55.0 Å². The Labute approximate surface area is 169 Å². The molecule has 1 fully saturated rings. The number of halogens is 1. The van der Waals surface area contributed by atoms with Crippen LogP contribution in [0.4, 0.5) is 5.82 Å². The van der Waals surface area contributed by atoms with E-state index < -0.39 is 0 Å². The van der Waals surface area contributed by atoms with E-state index in [1.54, 1.807) is 10.9 Å². The molecule has 0 unspecified atom stereocenters. The van der Waals surface area contributed by atoms with Gasteiger partial charge in [0.1, 0.15) is 5.82 Å². The zero-order chi connectivity index (χ0) is 19.5. The Morgan fingerprint density at radius 3 is 2.50 bits per heavy atom. The molecular formula is C21H24ClN5O. The van der Waals surface area contributed by atoms with Gasteiger partial charge >= 0.3 is 0 Å². The molecule has 4 rings (SSSR count). The first-order chi connectivity index (χ1) is 13.6. The lowest BCUT2D eigenvalue weighted by molar-refractivity contribution is 0.240. The summed E-state index contributed by atoms with van der Waals surface area (Å²) in [7, 11) is 1.89. The Kier molecular flexibility index (Phi) is 5.59. The summed E-state index contributed by atoms with van der Waals surface area (Å²) in [6.45, 7) is 2.15. The minimum Gasteiger partial charge on any atom is -0.396 e. The van der Waals surface area contributed by atoms with Gasteiger partial charge in [-0.05, 0) is 37.3 Å². The zero-order valence-corrected chi connectivity index (χ0v) is 16.7. The minimum absolute atomic E-state index is 0.268. The third-order valence-electron chi connectivity index (χ3n) is 5.29. The first kappa shape index (κ1) is 18.9. The summed E-state index contributed by atoms with van der Waals surface area (Å²) in [5.74, 6) is 2.20.